The first kappa shape index (κ1) is 34.3. The number of nitrogens with zero attached hydrogens (tertiary/aromatic N) is 2. The van der Waals surface area contributed by atoms with E-state index in [1.54, 1.807) is 0 Å². The number of carbonyl (C=O) groups excluding carboxylic acids is 2. The zero-order valence-corrected chi connectivity index (χ0v) is 31.4. The van der Waals surface area contributed by atoms with Crippen LogP contribution >= 0.6 is 56.7 Å². The predicted octanol–water partition coefficient (Wildman–Crippen LogP) is 8.59. The molecule has 2 aromatic carbocycles. The number of hydrogen-bond donors (Lipinski definition) is 2. The molecule has 7 rings (SSSR count). The highest BCUT2D eigenvalue weighted by molar-refractivity contribution is 7.36. The molecule has 0 spiro atoms. The molecule has 5 aromatic heterocycles. The van der Waals surface area contributed by atoms with Crippen molar-refractivity contribution in [2.75, 3.05) is 6.54 Å². The van der Waals surface area contributed by atoms with Crippen LogP contribution in [0, 0.1) is 0 Å². The first-order chi connectivity index (χ1) is 23.8. The maximum atomic E-state index is 13.7. The first-order valence-electron chi connectivity index (χ1n) is 16.8. The summed E-state index contributed by atoms with van der Waals surface area (Å²) in [7, 11) is 0. The normalized spacial score (nSPS) is 12.7. The second-order valence-corrected chi connectivity index (χ2v) is 17.8. The molecular weight excluding hydrogens is 713 g/mol. The van der Waals surface area contributed by atoms with E-state index in [1.807, 2.05) is 24.3 Å². The molecule has 1 atom stereocenters. The van der Waals surface area contributed by atoms with Crippen LogP contribution in [-0.2, 0) is 22.4 Å². The van der Waals surface area contributed by atoms with Gasteiger partial charge in [0, 0.05) is 22.7 Å². The number of carbonyl (C=O) groups is 2. The van der Waals surface area contributed by atoms with Crippen LogP contribution in [0.3, 0.4) is 0 Å². The molecule has 13 heteroatoms. The quantitative estimate of drug-likeness (QED) is 0.0947. The Morgan fingerprint density at radius 1 is 0.694 bits per heavy atom. The molecular formula is C36H36N4O4S5. The minimum absolute atomic E-state index is 0.0160. The van der Waals surface area contributed by atoms with Gasteiger partial charge in [0.05, 0.1) is 51.8 Å². The smallest absolute Gasteiger partial charge is 0.225 e. The van der Waals surface area contributed by atoms with E-state index in [1.165, 1.54) is 63.1 Å². The fraction of sp³-hybridized carbons (Fsp3) is 0.389. The number of thiazole rings is 2. The van der Waals surface area contributed by atoms with Crippen LogP contribution < -0.4 is 21.9 Å². The monoisotopic (exact) mass is 748 g/mol. The van der Waals surface area contributed by atoms with Crippen LogP contribution in [0.2, 0.25) is 0 Å². The topological polar surface area (TPSA) is 132 Å². The molecule has 0 aliphatic rings. The van der Waals surface area contributed by atoms with Gasteiger partial charge in [-0.05, 0) is 37.1 Å². The highest BCUT2D eigenvalue weighted by Gasteiger charge is 2.27. The number of Topliss-reactive ketones (excluding diaryl/α,β-unsaturated/α-hetero) is 1. The average molecular weight is 749 g/mol. The summed E-state index contributed by atoms with van der Waals surface area (Å²) in [5.74, 6) is 0.0620. The zero-order chi connectivity index (χ0) is 34.2. The lowest BCUT2D eigenvalue weighted by molar-refractivity contribution is -0.120. The molecule has 0 aliphatic carbocycles. The summed E-state index contributed by atoms with van der Waals surface area (Å²) in [6, 6.07) is 7.37. The van der Waals surface area contributed by atoms with Crippen molar-refractivity contribution in [2.24, 2.45) is 5.73 Å². The molecule has 3 N–H and O–H groups in total. The number of fused-ring (bicyclic) bond motifs is 7. The van der Waals surface area contributed by atoms with E-state index < -0.39 is 6.04 Å². The second-order valence-electron chi connectivity index (χ2n) is 12.4. The number of rotatable bonds is 16. The van der Waals surface area contributed by atoms with Crippen LogP contribution in [0.1, 0.15) is 75.0 Å². The molecule has 0 aliphatic heterocycles. The Bertz CT molecular complexity index is 2400. The Kier molecular flexibility index (Phi) is 10.2. The molecule has 0 bridgehead atoms. The lowest BCUT2D eigenvalue weighted by Gasteiger charge is -2.09. The van der Waals surface area contributed by atoms with Crippen molar-refractivity contribution in [3.05, 3.63) is 54.5 Å². The van der Waals surface area contributed by atoms with Gasteiger partial charge in [-0.15, -0.1) is 56.7 Å². The fourth-order valence-corrected chi connectivity index (χ4v) is 12.0. The van der Waals surface area contributed by atoms with Gasteiger partial charge >= 0.3 is 0 Å². The highest BCUT2D eigenvalue weighted by Crippen LogP contribution is 2.46. The largest absolute Gasteiger partial charge is 0.356 e. The summed E-state index contributed by atoms with van der Waals surface area (Å²) in [5, 5.41) is 5.39. The second kappa shape index (κ2) is 14.6. The molecule has 1 unspecified atom stereocenters. The van der Waals surface area contributed by atoms with Crippen molar-refractivity contribution >= 4 is 109 Å². The van der Waals surface area contributed by atoms with Gasteiger partial charge in [-0.2, -0.15) is 0 Å². The molecule has 5 heterocycles. The molecule has 0 saturated carbocycles. The van der Waals surface area contributed by atoms with Gasteiger partial charge in [0.15, 0.2) is 5.78 Å². The Morgan fingerprint density at radius 3 is 1.82 bits per heavy atom. The SMILES string of the molecule is CCCCCCNC(=O)Cc1ccc(-c2nc3c(=O)c4c(sc5c6sc(-c7ccc(CC(=O)C(N)CCCCC)s7)nc6c(=O)c54)c3s2)s1. The Balaban J connectivity index is 1.11. The Labute approximate surface area is 302 Å². The van der Waals surface area contributed by atoms with Gasteiger partial charge < -0.3 is 11.1 Å². The van der Waals surface area contributed by atoms with Gasteiger partial charge in [-0.3, -0.25) is 19.2 Å². The van der Waals surface area contributed by atoms with Gasteiger partial charge in [-0.1, -0.05) is 52.4 Å². The van der Waals surface area contributed by atoms with Crippen molar-refractivity contribution in [3.8, 4) is 19.8 Å². The average Bonchev–Trinajstić information content (AvgIpc) is 3.92. The molecule has 49 heavy (non-hydrogen) atoms. The molecule has 8 nitrogen and oxygen atoms in total. The third-order valence-corrected chi connectivity index (χ3v) is 14.9. The van der Waals surface area contributed by atoms with Gasteiger partial charge in [0.25, 0.3) is 0 Å². The molecule has 0 fully saturated rings. The van der Waals surface area contributed by atoms with Crippen molar-refractivity contribution in [2.45, 2.75) is 84.1 Å². The van der Waals surface area contributed by atoms with E-state index in [4.69, 9.17) is 15.7 Å². The Morgan fingerprint density at radius 2 is 1.24 bits per heavy atom. The van der Waals surface area contributed by atoms with Crippen molar-refractivity contribution in [1.82, 2.24) is 15.3 Å². The van der Waals surface area contributed by atoms with Gasteiger partial charge in [0.2, 0.25) is 16.8 Å². The number of ketones is 1. The summed E-state index contributed by atoms with van der Waals surface area (Å²) in [4.78, 5) is 65.7. The summed E-state index contributed by atoms with van der Waals surface area (Å²) >= 11 is 7.41. The summed E-state index contributed by atoms with van der Waals surface area (Å²) < 4.78 is 3.19. The summed E-state index contributed by atoms with van der Waals surface area (Å²) in [6.45, 7) is 5.00. The number of thiophene rings is 3. The number of amides is 1. The van der Waals surface area contributed by atoms with E-state index >= 15 is 0 Å². The van der Waals surface area contributed by atoms with E-state index in [2.05, 4.69) is 19.2 Å². The van der Waals surface area contributed by atoms with E-state index in [-0.39, 0.29) is 22.5 Å². The lowest BCUT2D eigenvalue weighted by Crippen LogP contribution is -2.31. The maximum absolute atomic E-state index is 13.7. The minimum Gasteiger partial charge on any atom is -0.356 e. The van der Waals surface area contributed by atoms with Gasteiger partial charge in [-0.25, -0.2) is 9.97 Å². The third-order valence-electron chi connectivity index (χ3n) is 8.77. The van der Waals surface area contributed by atoms with E-state index in [0.29, 0.717) is 47.6 Å². The maximum Gasteiger partial charge on any atom is 0.225 e. The highest BCUT2D eigenvalue weighted by atomic mass is 32.1. The predicted molar refractivity (Wildman–Crippen MR) is 209 cm³/mol. The third kappa shape index (κ3) is 6.68. The molecule has 254 valence electrons. The Hall–Kier alpha value is -3.20. The van der Waals surface area contributed by atoms with Gasteiger partial charge in [0.1, 0.15) is 21.0 Å². The minimum atomic E-state index is -0.443. The van der Waals surface area contributed by atoms with Crippen LogP contribution in [0.4, 0.5) is 0 Å². The number of hydrogen-bond acceptors (Lipinski definition) is 12. The first-order valence-corrected chi connectivity index (χ1v) is 20.9. The molecule has 0 radical (unpaired) electrons. The zero-order valence-electron chi connectivity index (χ0n) is 27.3. The van der Waals surface area contributed by atoms with Crippen LogP contribution in [0.25, 0.3) is 60.4 Å². The lowest BCUT2D eigenvalue weighted by atomic mass is 10.0. The number of unbranched alkanes of at least 4 members (excludes halogenated alkanes) is 5. The standard InChI is InChI=1S/C36H36N4O4S5/c1-3-5-7-9-15-38-24(42)17-19-12-14-23(46-19)36-40-28-30(44)26-25-29(43)27-33(31(25)47-32(26)34(28)49-36)48-35(39-27)22-13-11-18(45-22)16-21(41)20(37)10-8-6-4-2/h11-14,20H,3-10,15-17,37H2,1-2H3,(H,38,42). The summed E-state index contributed by atoms with van der Waals surface area (Å²) in [6.07, 6.45) is 8.92. The van der Waals surface area contributed by atoms with E-state index in [9.17, 15) is 19.2 Å². The molecule has 7 aromatic rings. The number of aromatic nitrogens is 2. The van der Waals surface area contributed by atoms with E-state index in [0.717, 1.165) is 86.8 Å². The van der Waals surface area contributed by atoms with Crippen molar-refractivity contribution in [1.29, 1.82) is 0 Å². The molecule has 0 saturated heterocycles. The van der Waals surface area contributed by atoms with Crippen LogP contribution in [0.5, 0.6) is 0 Å². The number of nitrogens with one attached hydrogen (secondary N) is 1. The van der Waals surface area contributed by atoms with Crippen LogP contribution in [0.15, 0.2) is 33.9 Å². The molecule has 1 amide bonds. The fourth-order valence-electron chi connectivity index (χ4n) is 6.14. The number of nitrogens with two attached hydrogens (primary N) is 1. The van der Waals surface area contributed by atoms with Crippen LogP contribution in [-0.4, -0.2) is 34.2 Å². The van der Waals surface area contributed by atoms with Crippen molar-refractivity contribution in [3.63, 3.8) is 0 Å². The summed E-state index contributed by atoms with van der Waals surface area (Å²) in [5.41, 5.74) is 6.50. The van der Waals surface area contributed by atoms with Crippen molar-refractivity contribution < 1.29 is 9.59 Å².